The Bertz CT molecular complexity index is 590. The van der Waals surface area contributed by atoms with Crippen LogP contribution in [0.5, 0.6) is 0 Å². The molecule has 1 aromatic rings. The Morgan fingerprint density at radius 2 is 1.74 bits per heavy atom. The summed E-state index contributed by atoms with van der Waals surface area (Å²) in [7, 11) is 0. The van der Waals surface area contributed by atoms with Crippen LogP contribution in [0.4, 0.5) is 10.5 Å². The van der Waals surface area contributed by atoms with Crippen molar-refractivity contribution in [1.29, 1.82) is 0 Å². The van der Waals surface area contributed by atoms with Crippen molar-refractivity contribution in [2.24, 2.45) is 10.7 Å². The summed E-state index contributed by atoms with van der Waals surface area (Å²) in [5.41, 5.74) is 9.12. The third-order valence-corrected chi connectivity index (χ3v) is 3.79. The van der Waals surface area contributed by atoms with Gasteiger partial charge in [-0.2, -0.15) is 0 Å². The summed E-state index contributed by atoms with van der Waals surface area (Å²) in [5.74, 6) is 0.431. The molecule has 154 valence electrons. The Balaban J connectivity index is 0.00000676. The lowest BCUT2D eigenvalue weighted by Gasteiger charge is -2.19. The lowest BCUT2D eigenvalue weighted by molar-refractivity contribution is 0.0527. The molecule has 6 nitrogen and oxygen atoms in total. The van der Waals surface area contributed by atoms with Crippen LogP contribution in [0.25, 0.3) is 0 Å². The molecule has 0 aliphatic heterocycles. The number of benzene rings is 1. The molecule has 0 fully saturated rings. The second-order valence-corrected chi connectivity index (χ2v) is 7.19. The molecular weight excluding hydrogens is 455 g/mol. The van der Waals surface area contributed by atoms with E-state index in [0.29, 0.717) is 19.0 Å². The Morgan fingerprint density at radius 3 is 2.26 bits per heavy atom. The molecule has 0 heterocycles. The quantitative estimate of drug-likeness (QED) is 0.217. The summed E-state index contributed by atoms with van der Waals surface area (Å²) in [5, 5.41) is 5.99. The minimum Gasteiger partial charge on any atom is -0.444 e. The number of nitrogens with zero attached hydrogens (tertiary/aromatic N) is 1. The number of aliphatic imine (C=N–C) groups is 1. The van der Waals surface area contributed by atoms with E-state index in [2.05, 4.69) is 47.7 Å². The van der Waals surface area contributed by atoms with Crippen LogP contribution in [-0.2, 0) is 17.6 Å². The number of ether oxygens (including phenoxy) is 1. The summed E-state index contributed by atoms with van der Waals surface area (Å²) in [4.78, 5) is 15.9. The molecule has 0 aliphatic carbocycles. The van der Waals surface area contributed by atoms with Crippen LogP contribution in [-0.4, -0.2) is 30.7 Å². The molecule has 1 amide bonds. The van der Waals surface area contributed by atoms with E-state index < -0.39 is 5.60 Å². The van der Waals surface area contributed by atoms with Gasteiger partial charge in [0.25, 0.3) is 0 Å². The van der Waals surface area contributed by atoms with Gasteiger partial charge in [-0.15, -0.1) is 24.0 Å². The van der Waals surface area contributed by atoms with Crippen LogP contribution < -0.4 is 16.4 Å². The van der Waals surface area contributed by atoms with Gasteiger partial charge in [0, 0.05) is 18.8 Å². The number of hydrogen-bond acceptors (Lipinski definition) is 3. The average Bonchev–Trinajstić information content (AvgIpc) is 2.56. The van der Waals surface area contributed by atoms with Crippen molar-refractivity contribution in [2.45, 2.75) is 65.9 Å². The van der Waals surface area contributed by atoms with Crippen LogP contribution in [0.15, 0.2) is 23.2 Å². The number of nitrogens with one attached hydrogen (secondary N) is 2. The number of rotatable bonds is 8. The molecule has 0 saturated heterocycles. The Hall–Kier alpha value is -1.51. The maximum absolute atomic E-state index is 11.5. The number of aryl methyl sites for hydroxylation is 2. The minimum absolute atomic E-state index is 0. The zero-order chi connectivity index (χ0) is 19.6. The number of anilines is 1. The summed E-state index contributed by atoms with van der Waals surface area (Å²) in [6.45, 7) is 11.0. The third-order valence-electron chi connectivity index (χ3n) is 3.79. The monoisotopic (exact) mass is 490 g/mol. The third kappa shape index (κ3) is 10.4. The fraction of sp³-hybridized carbons (Fsp3) is 0.600. The van der Waals surface area contributed by atoms with E-state index in [1.165, 1.54) is 11.1 Å². The maximum atomic E-state index is 11.5. The van der Waals surface area contributed by atoms with Gasteiger partial charge in [0.1, 0.15) is 5.60 Å². The highest BCUT2D eigenvalue weighted by molar-refractivity contribution is 14.0. The zero-order valence-electron chi connectivity index (χ0n) is 17.2. The number of unbranched alkanes of at least 4 members (excludes halogenated alkanes) is 1. The van der Waals surface area contributed by atoms with Gasteiger partial charge in [0.15, 0.2) is 5.96 Å². The predicted molar refractivity (Wildman–Crippen MR) is 124 cm³/mol. The van der Waals surface area contributed by atoms with Gasteiger partial charge in [-0.25, -0.2) is 4.79 Å². The normalized spacial score (nSPS) is 11.5. The molecule has 1 aromatic carbocycles. The average molecular weight is 490 g/mol. The van der Waals surface area contributed by atoms with E-state index in [1.54, 1.807) is 0 Å². The van der Waals surface area contributed by atoms with Gasteiger partial charge in [-0.3, -0.25) is 4.99 Å². The molecule has 1 rings (SSSR count). The molecule has 0 saturated carbocycles. The first-order chi connectivity index (χ1) is 12.3. The summed E-state index contributed by atoms with van der Waals surface area (Å²) in [6, 6.07) is 6.29. The number of carbonyl (C=O) groups excluding carboxylic acids is 1. The van der Waals surface area contributed by atoms with Gasteiger partial charge in [-0.1, -0.05) is 32.0 Å². The molecule has 0 radical (unpaired) electrons. The fourth-order valence-corrected chi connectivity index (χ4v) is 2.51. The van der Waals surface area contributed by atoms with Crippen molar-refractivity contribution >= 4 is 41.7 Å². The summed E-state index contributed by atoms with van der Waals surface area (Å²) >= 11 is 0. The van der Waals surface area contributed by atoms with Crippen LogP contribution in [0, 0.1) is 0 Å². The molecule has 4 N–H and O–H groups in total. The highest BCUT2D eigenvalue weighted by atomic mass is 127. The SMILES string of the molecule is CCc1cccc(CC)c1NC(N)=NCCCCNC(=O)OC(C)(C)C.I. The Labute approximate surface area is 180 Å². The summed E-state index contributed by atoms with van der Waals surface area (Å²) in [6.07, 6.45) is 3.17. The van der Waals surface area contributed by atoms with E-state index in [-0.39, 0.29) is 30.1 Å². The van der Waals surface area contributed by atoms with Crippen LogP contribution in [0.2, 0.25) is 0 Å². The van der Waals surface area contributed by atoms with E-state index in [1.807, 2.05) is 20.8 Å². The van der Waals surface area contributed by atoms with Crippen LogP contribution in [0.3, 0.4) is 0 Å². The first-order valence-electron chi connectivity index (χ1n) is 9.41. The predicted octanol–water partition coefficient (Wildman–Crippen LogP) is 4.46. The highest BCUT2D eigenvalue weighted by Gasteiger charge is 2.15. The molecule has 0 bridgehead atoms. The number of alkyl carbamates (subject to hydrolysis) is 1. The Kier molecular flexibility index (Phi) is 12.1. The smallest absolute Gasteiger partial charge is 0.407 e. The van der Waals surface area contributed by atoms with Crippen LogP contribution in [0.1, 0.15) is 58.6 Å². The van der Waals surface area contributed by atoms with Crippen LogP contribution >= 0.6 is 24.0 Å². The number of nitrogens with two attached hydrogens (primary N) is 1. The highest BCUT2D eigenvalue weighted by Crippen LogP contribution is 2.22. The van der Waals surface area contributed by atoms with Crippen molar-refractivity contribution in [3.63, 3.8) is 0 Å². The number of hydrogen-bond donors (Lipinski definition) is 3. The number of amides is 1. The van der Waals surface area contributed by atoms with Gasteiger partial charge in [0.2, 0.25) is 0 Å². The molecule has 0 spiro atoms. The van der Waals surface area contributed by atoms with E-state index >= 15 is 0 Å². The van der Waals surface area contributed by atoms with Crippen molar-refractivity contribution in [3.05, 3.63) is 29.3 Å². The topological polar surface area (TPSA) is 88.7 Å². The van der Waals surface area contributed by atoms with Gasteiger partial charge in [0.05, 0.1) is 0 Å². The Morgan fingerprint density at radius 1 is 1.15 bits per heavy atom. The molecule has 0 aromatic heterocycles. The fourth-order valence-electron chi connectivity index (χ4n) is 2.51. The number of guanidine groups is 1. The van der Waals surface area contributed by atoms with Gasteiger partial charge < -0.3 is 21.1 Å². The number of halogens is 1. The van der Waals surface area contributed by atoms with Crippen molar-refractivity contribution in [2.75, 3.05) is 18.4 Å². The molecule has 0 unspecified atom stereocenters. The molecule has 0 atom stereocenters. The second kappa shape index (κ2) is 12.8. The second-order valence-electron chi connectivity index (χ2n) is 7.19. The number of para-hydroxylation sites is 1. The van der Waals surface area contributed by atoms with Crippen molar-refractivity contribution < 1.29 is 9.53 Å². The largest absolute Gasteiger partial charge is 0.444 e. The first kappa shape index (κ1) is 25.5. The molecule has 27 heavy (non-hydrogen) atoms. The van der Waals surface area contributed by atoms with Gasteiger partial charge in [-0.05, 0) is 57.6 Å². The molecule has 7 heteroatoms. The van der Waals surface area contributed by atoms with E-state index in [4.69, 9.17) is 10.5 Å². The van der Waals surface area contributed by atoms with E-state index in [9.17, 15) is 4.79 Å². The van der Waals surface area contributed by atoms with Crippen molar-refractivity contribution in [1.82, 2.24) is 5.32 Å². The lowest BCUT2D eigenvalue weighted by atomic mass is 10.0. The summed E-state index contributed by atoms with van der Waals surface area (Å²) < 4.78 is 5.18. The zero-order valence-corrected chi connectivity index (χ0v) is 19.6. The van der Waals surface area contributed by atoms with Crippen molar-refractivity contribution in [3.8, 4) is 0 Å². The first-order valence-corrected chi connectivity index (χ1v) is 9.41. The van der Waals surface area contributed by atoms with E-state index in [0.717, 1.165) is 31.4 Å². The lowest BCUT2D eigenvalue weighted by Crippen LogP contribution is -2.33. The number of carbonyl (C=O) groups is 1. The standard InChI is InChI=1S/C20H34N4O2.HI/c1-6-15-11-10-12-16(7-2)17(15)24-18(21)22-13-8-9-14-23-19(25)26-20(3,4)5;/h10-12H,6-9,13-14H2,1-5H3,(H,23,25)(H3,21,22,24);1H. The maximum Gasteiger partial charge on any atom is 0.407 e. The molecule has 0 aliphatic rings. The molecular formula is C20H35IN4O2. The minimum atomic E-state index is -0.472. The van der Waals surface area contributed by atoms with Gasteiger partial charge >= 0.3 is 6.09 Å².